The zero-order valence-corrected chi connectivity index (χ0v) is 14.0. The fourth-order valence-electron chi connectivity index (χ4n) is 2.43. The molecule has 1 aliphatic rings. The second-order valence-corrected chi connectivity index (χ2v) is 8.35. The number of carbonyl (C=O) groups excluding carboxylic acids is 1. The van der Waals surface area contributed by atoms with E-state index in [-0.39, 0.29) is 17.6 Å². The molecule has 0 radical (unpaired) electrons. The molecule has 2 heterocycles. The van der Waals surface area contributed by atoms with Gasteiger partial charge in [0.1, 0.15) is 0 Å². The van der Waals surface area contributed by atoms with Crippen LogP contribution in [0.25, 0.3) is 0 Å². The fraction of sp³-hybridized carbons (Fsp3) is 0.692. The van der Waals surface area contributed by atoms with E-state index in [2.05, 4.69) is 10.3 Å². The number of aromatic nitrogens is 1. The highest BCUT2D eigenvalue weighted by atomic mass is 32.2. The molecule has 0 bridgehead atoms. The predicted octanol–water partition coefficient (Wildman–Crippen LogP) is 1.04. The number of hydrogen-bond acceptors (Lipinski definition) is 6. The third kappa shape index (κ3) is 4.49. The number of carbonyl (C=O) groups is 1. The van der Waals surface area contributed by atoms with E-state index in [1.54, 1.807) is 4.90 Å². The van der Waals surface area contributed by atoms with Crippen LogP contribution in [-0.2, 0) is 21.2 Å². The smallest absolute Gasteiger partial charge is 0.225 e. The number of amides is 1. The predicted molar refractivity (Wildman–Crippen MR) is 84.3 cm³/mol. The van der Waals surface area contributed by atoms with E-state index in [1.807, 2.05) is 12.3 Å². The molecule has 2 rings (SSSR count). The van der Waals surface area contributed by atoms with Crippen molar-refractivity contribution in [3.63, 3.8) is 0 Å². The molecule has 1 aliphatic heterocycles. The standard InChI is InChI=1S/C13H21N3O3S2/c1-3-16(10(2)17)13-15-12(8-20-13)7-14-6-11-4-5-21(18,19)9-11/h8,11,14H,3-7,9H2,1-2H3. The van der Waals surface area contributed by atoms with Gasteiger partial charge in [0.25, 0.3) is 0 Å². The van der Waals surface area contributed by atoms with Crippen LogP contribution in [0.15, 0.2) is 5.38 Å². The quantitative estimate of drug-likeness (QED) is 0.842. The molecule has 118 valence electrons. The zero-order chi connectivity index (χ0) is 15.5. The molecule has 1 N–H and O–H groups in total. The average Bonchev–Trinajstić information content (AvgIpc) is 2.97. The molecule has 0 spiro atoms. The number of nitrogens with one attached hydrogen (secondary N) is 1. The van der Waals surface area contributed by atoms with Crippen molar-refractivity contribution in [2.75, 3.05) is 29.5 Å². The number of rotatable bonds is 6. The van der Waals surface area contributed by atoms with Crippen molar-refractivity contribution >= 4 is 32.2 Å². The van der Waals surface area contributed by atoms with Gasteiger partial charge in [-0.2, -0.15) is 0 Å². The van der Waals surface area contributed by atoms with Gasteiger partial charge in [-0.1, -0.05) is 0 Å². The van der Waals surface area contributed by atoms with Crippen LogP contribution >= 0.6 is 11.3 Å². The molecule has 1 aromatic heterocycles. The largest absolute Gasteiger partial charge is 0.311 e. The number of nitrogens with zero attached hydrogens (tertiary/aromatic N) is 2. The van der Waals surface area contributed by atoms with Gasteiger partial charge in [0, 0.05) is 25.4 Å². The minimum Gasteiger partial charge on any atom is -0.311 e. The molecule has 1 amide bonds. The van der Waals surface area contributed by atoms with E-state index < -0.39 is 9.84 Å². The summed E-state index contributed by atoms with van der Waals surface area (Å²) in [6, 6.07) is 0. The van der Waals surface area contributed by atoms with E-state index in [1.165, 1.54) is 18.3 Å². The Balaban J connectivity index is 1.82. The minimum atomic E-state index is -2.81. The molecule has 1 aromatic rings. The first-order valence-electron chi connectivity index (χ1n) is 7.05. The van der Waals surface area contributed by atoms with E-state index in [4.69, 9.17) is 0 Å². The second kappa shape index (κ2) is 6.85. The Kier molecular flexibility index (Phi) is 5.34. The summed E-state index contributed by atoms with van der Waals surface area (Å²) in [4.78, 5) is 17.5. The number of hydrogen-bond donors (Lipinski definition) is 1. The third-order valence-electron chi connectivity index (χ3n) is 3.53. The van der Waals surface area contributed by atoms with Crippen LogP contribution in [0.3, 0.4) is 0 Å². The number of sulfone groups is 1. The van der Waals surface area contributed by atoms with E-state index in [9.17, 15) is 13.2 Å². The van der Waals surface area contributed by atoms with Crippen molar-refractivity contribution in [3.05, 3.63) is 11.1 Å². The maximum absolute atomic E-state index is 11.5. The number of thiazole rings is 1. The molecule has 1 fully saturated rings. The second-order valence-electron chi connectivity index (χ2n) is 5.28. The molecular formula is C13H21N3O3S2. The molecule has 0 aliphatic carbocycles. The Morgan fingerprint density at radius 1 is 1.57 bits per heavy atom. The molecule has 8 heteroatoms. The van der Waals surface area contributed by atoms with Gasteiger partial charge in [0.05, 0.1) is 17.2 Å². The summed E-state index contributed by atoms with van der Waals surface area (Å²) in [6.07, 6.45) is 0.742. The van der Waals surface area contributed by atoms with Gasteiger partial charge in [-0.05, 0) is 25.8 Å². The molecule has 1 unspecified atom stereocenters. The average molecular weight is 331 g/mol. The fourth-order valence-corrected chi connectivity index (χ4v) is 5.23. The van der Waals surface area contributed by atoms with Gasteiger partial charge in [-0.15, -0.1) is 11.3 Å². The van der Waals surface area contributed by atoms with Crippen molar-refractivity contribution < 1.29 is 13.2 Å². The Morgan fingerprint density at radius 3 is 2.90 bits per heavy atom. The maximum atomic E-state index is 11.5. The van der Waals surface area contributed by atoms with Crippen molar-refractivity contribution in [2.24, 2.45) is 5.92 Å². The summed E-state index contributed by atoms with van der Waals surface area (Å²) in [5, 5.41) is 5.90. The zero-order valence-electron chi connectivity index (χ0n) is 12.3. The van der Waals surface area contributed by atoms with Crippen LogP contribution in [0.5, 0.6) is 0 Å². The van der Waals surface area contributed by atoms with Gasteiger partial charge < -0.3 is 5.32 Å². The van der Waals surface area contributed by atoms with Crippen LogP contribution in [0, 0.1) is 5.92 Å². The first kappa shape index (κ1) is 16.4. The van der Waals surface area contributed by atoms with Crippen LogP contribution in [0.4, 0.5) is 5.13 Å². The van der Waals surface area contributed by atoms with E-state index in [0.29, 0.717) is 30.5 Å². The molecule has 6 nitrogen and oxygen atoms in total. The normalized spacial score (nSPS) is 20.6. The summed E-state index contributed by atoms with van der Waals surface area (Å²) < 4.78 is 22.7. The maximum Gasteiger partial charge on any atom is 0.225 e. The molecule has 21 heavy (non-hydrogen) atoms. The monoisotopic (exact) mass is 331 g/mol. The van der Waals surface area contributed by atoms with Crippen LogP contribution < -0.4 is 10.2 Å². The first-order valence-corrected chi connectivity index (χ1v) is 9.75. The number of anilines is 1. The van der Waals surface area contributed by atoms with Gasteiger partial charge in [-0.3, -0.25) is 9.69 Å². The third-order valence-corrected chi connectivity index (χ3v) is 6.28. The Morgan fingerprint density at radius 2 is 2.33 bits per heavy atom. The summed E-state index contributed by atoms with van der Waals surface area (Å²) in [5.41, 5.74) is 0.885. The van der Waals surface area contributed by atoms with Gasteiger partial charge in [0.2, 0.25) is 5.91 Å². The molecule has 1 atom stereocenters. The summed E-state index contributed by atoms with van der Waals surface area (Å²) in [7, 11) is -2.81. The Labute approximate surface area is 129 Å². The minimum absolute atomic E-state index is 0.0116. The lowest BCUT2D eigenvalue weighted by molar-refractivity contribution is -0.116. The van der Waals surface area contributed by atoms with E-state index >= 15 is 0 Å². The Bertz CT molecular complexity index is 598. The lowest BCUT2D eigenvalue weighted by atomic mass is 10.1. The molecule has 0 aromatic carbocycles. The molecular weight excluding hydrogens is 310 g/mol. The van der Waals surface area contributed by atoms with Crippen LogP contribution in [0.1, 0.15) is 26.0 Å². The lowest BCUT2D eigenvalue weighted by Crippen LogP contribution is -2.28. The summed E-state index contributed by atoms with van der Waals surface area (Å²) in [5.74, 6) is 0.792. The van der Waals surface area contributed by atoms with Gasteiger partial charge in [-0.25, -0.2) is 13.4 Å². The van der Waals surface area contributed by atoms with Gasteiger partial charge in [0.15, 0.2) is 15.0 Å². The van der Waals surface area contributed by atoms with Crippen LogP contribution in [0.2, 0.25) is 0 Å². The van der Waals surface area contributed by atoms with Crippen molar-refractivity contribution in [1.29, 1.82) is 0 Å². The molecule has 0 saturated carbocycles. The van der Waals surface area contributed by atoms with Crippen molar-refractivity contribution in [2.45, 2.75) is 26.8 Å². The van der Waals surface area contributed by atoms with Crippen molar-refractivity contribution in [3.8, 4) is 0 Å². The molecule has 1 saturated heterocycles. The lowest BCUT2D eigenvalue weighted by Gasteiger charge is -2.14. The van der Waals surface area contributed by atoms with Crippen LogP contribution in [-0.4, -0.2) is 43.9 Å². The SMILES string of the molecule is CCN(C(C)=O)c1nc(CNCC2CCS(=O)(=O)C2)cs1. The summed E-state index contributed by atoms with van der Waals surface area (Å²) >= 11 is 1.45. The topological polar surface area (TPSA) is 79.4 Å². The highest BCUT2D eigenvalue weighted by Crippen LogP contribution is 2.21. The van der Waals surface area contributed by atoms with E-state index in [0.717, 1.165) is 12.1 Å². The Hall–Kier alpha value is -0.990. The van der Waals surface area contributed by atoms with Crippen molar-refractivity contribution in [1.82, 2.24) is 10.3 Å². The first-order chi connectivity index (χ1) is 9.91. The highest BCUT2D eigenvalue weighted by Gasteiger charge is 2.27. The highest BCUT2D eigenvalue weighted by molar-refractivity contribution is 7.91. The van der Waals surface area contributed by atoms with Gasteiger partial charge >= 0.3 is 0 Å². The summed E-state index contributed by atoms with van der Waals surface area (Å²) in [6.45, 7) is 5.35.